The maximum absolute atomic E-state index is 11.8. The molecular formula is C11H12N4O3. The van der Waals surface area contributed by atoms with Crippen LogP contribution in [-0.2, 0) is 16.6 Å². The number of rotatable bonds is 2. The normalized spacial score (nSPS) is 14.7. The minimum atomic E-state index is -0.381. The van der Waals surface area contributed by atoms with Gasteiger partial charge in [0.25, 0.3) is 5.91 Å². The Morgan fingerprint density at radius 1 is 1.39 bits per heavy atom. The number of nitrogens with zero attached hydrogens (tertiary/aromatic N) is 2. The molecular weight excluding hydrogens is 236 g/mol. The summed E-state index contributed by atoms with van der Waals surface area (Å²) in [7, 11) is 1.59. The lowest BCUT2D eigenvalue weighted by Gasteiger charge is -2.12. The summed E-state index contributed by atoms with van der Waals surface area (Å²) in [4.78, 5) is 33.8. The molecule has 1 aromatic heterocycles. The zero-order valence-electron chi connectivity index (χ0n) is 9.77. The monoisotopic (exact) mass is 248 g/mol. The number of amides is 2. The van der Waals surface area contributed by atoms with Crippen LogP contribution >= 0.6 is 0 Å². The Balaban J connectivity index is 2.09. The van der Waals surface area contributed by atoms with Crippen molar-refractivity contribution in [3.63, 3.8) is 0 Å². The summed E-state index contributed by atoms with van der Waals surface area (Å²) in [5.74, 6) is -0.581. The van der Waals surface area contributed by atoms with Crippen LogP contribution in [0.1, 0.15) is 12.8 Å². The second kappa shape index (κ2) is 4.82. The number of aryl methyl sites for hydroxylation is 1. The SMILES string of the molecule is Cn1cc(NC(=O)C2=NNC(=O)CC2)ccc1=O. The Bertz CT molecular complexity index is 588. The second-order valence-electron chi connectivity index (χ2n) is 3.91. The molecule has 18 heavy (non-hydrogen) atoms. The number of anilines is 1. The number of nitrogens with one attached hydrogen (secondary N) is 2. The fourth-order valence-corrected chi connectivity index (χ4v) is 1.51. The number of hydrogen-bond acceptors (Lipinski definition) is 4. The van der Waals surface area contributed by atoms with E-state index in [1.807, 2.05) is 0 Å². The van der Waals surface area contributed by atoms with Gasteiger partial charge in [0.2, 0.25) is 11.5 Å². The standard InChI is InChI=1S/C11H12N4O3/c1-15-6-7(2-5-10(15)17)12-11(18)8-3-4-9(16)14-13-8/h2,5-6H,3-4H2,1H3,(H,12,18)(H,14,16). The fraction of sp³-hybridized carbons (Fsp3) is 0.273. The fourth-order valence-electron chi connectivity index (χ4n) is 1.51. The van der Waals surface area contributed by atoms with E-state index in [0.717, 1.165) is 0 Å². The highest BCUT2D eigenvalue weighted by Crippen LogP contribution is 2.06. The van der Waals surface area contributed by atoms with Crippen LogP contribution in [0.15, 0.2) is 28.2 Å². The number of pyridine rings is 1. The van der Waals surface area contributed by atoms with Crippen molar-refractivity contribution in [2.45, 2.75) is 12.8 Å². The summed E-state index contributed by atoms with van der Waals surface area (Å²) in [5.41, 5.74) is 2.86. The molecule has 0 saturated carbocycles. The van der Waals surface area contributed by atoms with Crippen LogP contribution in [0.25, 0.3) is 0 Å². The van der Waals surface area contributed by atoms with Gasteiger partial charge in [0.1, 0.15) is 5.71 Å². The van der Waals surface area contributed by atoms with Crippen molar-refractivity contribution in [1.29, 1.82) is 0 Å². The number of carbonyl (C=O) groups is 2. The van der Waals surface area contributed by atoms with Gasteiger partial charge < -0.3 is 9.88 Å². The number of hydrogen-bond donors (Lipinski definition) is 2. The first-order valence-electron chi connectivity index (χ1n) is 5.40. The van der Waals surface area contributed by atoms with Gasteiger partial charge in [-0.3, -0.25) is 14.4 Å². The zero-order chi connectivity index (χ0) is 13.1. The van der Waals surface area contributed by atoms with Crippen LogP contribution in [0, 0.1) is 0 Å². The Morgan fingerprint density at radius 3 is 2.78 bits per heavy atom. The van der Waals surface area contributed by atoms with Crippen molar-refractivity contribution < 1.29 is 9.59 Å². The third-order valence-corrected chi connectivity index (χ3v) is 2.51. The summed E-state index contributed by atoms with van der Waals surface area (Å²) < 4.78 is 1.36. The number of aromatic nitrogens is 1. The van der Waals surface area contributed by atoms with Gasteiger partial charge in [-0.1, -0.05) is 0 Å². The molecule has 94 valence electrons. The summed E-state index contributed by atoms with van der Waals surface area (Å²) in [6, 6.07) is 2.88. The smallest absolute Gasteiger partial charge is 0.271 e. The highest BCUT2D eigenvalue weighted by molar-refractivity contribution is 6.43. The van der Waals surface area contributed by atoms with Crippen LogP contribution in [0.4, 0.5) is 5.69 Å². The first kappa shape index (κ1) is 12.0. The Kier molecular flexibility index (Phi) is 3.22. The van der Waals surface area contributed by atoms with E-state index < -0.39 is 0 Å². The average Bonchev–Trinajstić information content (AvgIpc) is 2.34. The van der Waals surface area contributed by atoms with Crippen molar-refractivity contribution in [2.24, 2.45) is 12.1 Å². The molecule has 1 aliphatic rings. The van der Waals surface area contributed by atoms with Crippen LogP contribution < -0.4 is 16.3 Å². The van der Waals surface area contributed by atoms with E-state index in [1.54, 1.807) is 7.05 Å². The molecule has 7 nitrogen and oxygen atoms in total. The molecule has 0 aliphatic carbocycles. The van der Waals surface area contributed by atoms with Gasteiger partial charge in [0.05, 0.1) is 5.69 Å². The molecule has 0 spiro atoms. The van der Waals surface area contributed by atoms with Crippen molar-refractivity contribution in [3.8, 4) is 0 Å². The summed E-state index contributed by atoms with van der Waals surface area (Å²) >= 11 is 0. The minimum Gasteiger partial charge on any atom is -0.320 e. The van der Waals surface area contributed by atoms with Gasteiger partial charge in [0, 0.05) is 32.2 Å². The van der Waals surface area contributed by atoms with Crippen molar-refractivity contribution >= 4 is 23.2 Å². The highest BCUT2D eigenvalue weighted by atomic mass is 16.2. The van der Waals surface area contributed by atoms with Gasteiger partial charge in [0.15, 0.2) is 0 Å². The third kappa shape index (κ3) is 2.62. The molecule has 7 heteroatoms. The lowest BCUT2D eigenvalue weighted by molar-refractivity contribution is -0.121. The average molecular weight is 248 g/mol. The molecule has 2 amide bonds. The van der Waals surface area contributed by atoms with Crippen LogP contribution in [0.3, 0.4) is 0 Å². The van der Waals surface area contributed by atoms with E-state index in [9.17, 15) is 14.4 Å². The quantitative estimate of drug-likeness (QED) is 0.745. The molecule has 0 unspecified atom stereocenters. The van der Waals surface area contributed by atoms with Crippen molar-refractivity contribution in [2.75, 3.05) is 5.32 Å². The summed E-state index contributed by atoms with van der Waals surface area (Å²) in [5, 5.41) is 6.30. The molecule has 0 saturated heterocycles. The molecule has 2 heterocycles. The van der Waals surface area contributed by atoms with Gasteiger partial charge in [-0.2, -0.15) is 5.10 Å². The van der Waals surface area contributed by atoms with Crippen LogP contribution in [-0.4, -0.2) is 22.1 Å². The maximum atomic E-state index is 11.8. The molecule has 0 atom stereocenters. The molecule has 0 fully saturated rings. The molecule has 2 N–H and O–H groups in total. The number of hydrazone groups is 1. The van der Waals surface area contributed by atoms with E-state index in [1.165, 1.54) is 22.9 Å². The van der Waals surface area contributed by atoms with E-state index in [-0.39, 0.29) is 29.5 Å². The second-order valence-corrected chi connectivity index (χ2v) is 3.91. The molecule has 0 radical (unpaired) electrons. The molecule has 0 aromatic carbocycles. The first-order chi connectivity index (χ1) is 8.56. The van der Waals surface area contributed by atoms with Gasteiger partial charge in [-0.25, -0.2) is 5.43 Å². The van der Waals surface area contributed by atoms with Crippen molar-refractivity contribution in [3.05, 3.63) is 28.7 Å². The molecule has 1 aliphatic heterocycles. The van der Waals surface area contributed by atoms with Crippen LogP contribution in [0.2, 0.25) is 0 Å². The van der Waals surface area contributed by atoms with Gasteiger partial charge in [-0.05, 0) is 6.07 Å². The largest absolute Gasteiger partial charge is 0.320 e. The zero-order valence-corrected chi connectivity index (χ0v) is 9.77. The molecule has 2 rings (SSSR count). The molecule has 0 bridgehead atoms. The predicted molar refractivity (Wildman–Crippen MR) is 65.1 cm³/mol. The van der Waals surface area contributed by atoms with Crippen molar-refractivity contribution in [1.82, 2.24) is 9.99 Å². The number of carbonyl (C=O) groups excluding carboxylic acids is 2. The van der Waals surface area contributed by atoms with E-state index in [4.69, 9.17) is 0 Å². The Labute approximate surface area is 102 Å². The predicted octanol–water partition coefficient (Wildman–Crippen LogP) is -0.410. The van der Waals surface area contributed by atoms with Crippen LogP contribution in [0.5, 0.6) is 0 Å². The Morgan fingerprint density at radius 2 is 2.17 bits per heavy atom. The lowest BCUT2D eigenvalue weighted by atomic mass is 10.1. The molecule has 1 aromatic rings. The van der Waals surface area contributed by atoms with Gasteiger partial charge >= 0.3 is 0 Å². The summed E-state index contributed by atoms with van der Waals surface area (Å²) in [6.45, 7) is 0. The topological polar surface area (TPSA) is 92.6 Å². The van der Waals surface area contributed by atoms with E-state index in [2.05, 4.69) is 15.8 Å². The highest BCUT2D eigenvalue weighted by Gasteiger charge is 2.18. The van der Waals surface area contributed by atoms with E-state index in [0.29, 0.717) is 12.1 Å². The van der Waals surface area contributed by atoms with E-state index >= 15 is 0 Å². The Hall–Kier alpha value is -2.44. The summed E-state index contributed by atoms with van der Waals surface area (Å²) in [6.07, 6.45) is 2.07. The first-order valence-corrected chi connectivity index (χ1v) is 5.40. The lowest BCUT2D eigenvalue weighted by Crippen LogP contribution is -2.33. The maximum Gasteiger partial charge on any atom is 0.271 e. The van der Waals surface area contributed by atoms with Gasteiger partial charge in [-0.15, -0.1) is 0 Å². The third-order valence-electron chi connectivity index (χ3n) is 2.51. The minimum absolute atomic E-state index is 0.157.